The van der Waals surface area contributed by atoms with Gasteiger partial charge in [0.1, 0.15) is 0 Å². The molecule has 4 aromatic carbocycles. The molecule has 0 fully saturated rings. The minimum atomic E-state index is -2.07. The molecule has 0 aliphatic rings. The van der Waals surface area contributed by atoms with E-state index in [1.807, 2.05) is 48.5 Å². The Kier molecular flexibility index (Phi) is 22.8. The minimum absolute atomic E-state index is 0.296. The van der Waals surface area contributed by atoms with E-state index in [2.05, 4.69) is 20.4 Å². The SMILES string of the molecule is C=CCCCCCCCC(=O)O.CCCCC(C)CCC(=O)O.O=C(O)c1cc(C(=O)O)c(C(=O)O)c(C(=O)O)c1C(=O)O.O=C(O)c1cccc2ccc3ccccc3c12. The molecule has 16 heteroatoms. The van der Waals surface area contributed by atoms with Crippen LogP contribution in [0.3, 0.4) is 0 Å². The molecule has 0 heterocycles. The number of unbranched alkanes of at least 4 members (excludes halogenated alkanes) is 6. The largest absolute Gasteiger partial charge is 0.481 e. The van der Waals surface area contributed by atoms with Gasteiger partial charge in [0.15, 0.2) is 0 Å². The number of hydrogen-bond donors (Lipinski definition) is 8. The number of carbonyl (C=O) groups is 8. The van der Waals surface area contributed by atoms with Gasteiger partial charge in [-0.15, -0.1) is 6.58 Å². The van der Waals surface area contributed by atoms with Gasteiger partial charge in [-0.05, 0) is 59.9 Å². The number of allylic oxidation sites excluding steroid dienone is 1. The molecule has 328 valence electrons. The van der Waals surface area contributed by atoms with Crippen molar-refractivity contribution in [1.29, 1.82) is 0 Å². The highest BCUT2D eigenvalue weighted by molar-refractivity contribution is 6.18. The van der Waals surface area contributed by atoms with Crippen LogP contribution < -0.4 is 0 Å². The summed E-state index contributed by atoms with van der Waals surface area (Å²) in [5.41, 5.74) is -5.94. The Balaban J connectivity index is 0.000000421. The first-order valence-electron chi connectivity index (χ1n) is 19.4. The molecule has 0 radical (unpaired) electrons. The highest BCUT2D eigenvalue weighted by Gasteiger charge is 2.34. The summed E-state index contributed by atoms with van der Waals surface area (Å²) in [7, 11) is 0. The molecule has 0 bridgehead atoms. The van der Waals surface area contributed by atoms with Gasteiger partial charge in [-0.25, -0.2) is 28.8 Å². The van der Waals surface area contributed by atoms with Crippen LogP contribution >= 0.6 is 0 Å². The van der Waals surface area contributed by atoms with Crippen molar-refractivity contribution in [2.24, 2.45) is 5.92 Å². The maximum absolute atomic E-state index is 11.3. The number of rotatable bonds is 20. The summed E-state index contributed by atoms with van der Waals surface area (Å²) in [6, 6.07) is 17.5. The Labute approximate surface area is 351 Å². The molecule has 0 aromatic heterocycles. The first kappa shape index (κ1) is 51.9. The van der Waals surface area contributed by atoms with Crippen LogP contribution in [0.4, 0.5) is 0 Å². The Hall–Kier alpha value is -7.10. The third-order valence-corrected chi connectivity index (χ3v) is 9.13. The second-order valence-corrected chi connectivity index (χ2v) is 13.8. The molecule has 1 atom stereocenters. The predicted molar refractivity (Wildman–Crippen MR) is 225 cm³/mol. The molecular weight excluding hydrogens is 796 g/mol. The number of aromatic carboxylic acids is 6. The zero-order valence-corrected chi connectivity index (χ0v) is 34.0. The predicted octanol–water partition coefficient (Wildman–Crippen LogP) is 9.53. The number of aliphatic carboxylic acids is 2. The Morgan fingerprint density at radius 1 is 0.525 bits per heavy atom. The van der Waals surface area contributed by atoms with Gasteiger partial charge in [-0.2, -0.15) is 0 Å². The topological polar surface area (TPSA) is 298 Å². The summed E-state index contributed by atoms with van der Waals surface area (Å²) in [6.45, 7) is 7.92. The lowest BCUT2D eigenvalue weighted by atomic mass is 9.91. The van der Waals surface area contributed by atoms with Gasteiger partial charge >= 0.3 is 47.8 Å². The van der Waals surface area contributed by atoms with Gasteiger partial charge in [-0.3, -0.25) is 9.59 Å². The van der Waals surface area contributed by atoms with Crippen LogP contribution in [0, 0.1) is 5.92 Å². The lowest BCUT2D eigenvalue weighted by molar-refractivity contribution is -0.138. The van der Waals surface area contributed by atoms with Gasteiger partial charge in [0.2, 0.25) is 0 Å². The summed E-state index contributed by atoms with van der Waals surface area (Å²) in [5, 5.41) is 74.3. The van der Waals surface area contributed by atoms with Gasteiger partial charge < -0.3 is 40.9 Å². The average Bonchev–Trinajstić information content (AvgIpc) is 3.20. The summed E-state index contributed by atoms with van der Waals surface area (Å²) >= 11 is 0. The van der Waals surface area contributed by atoms with E-state index in [1.165, 1.54) is 32.1 Å². The normalized spacial score (nSPS) is 10.7. The monoisotopic (exact) mass is 848 g/mol. The average molecular weight is 849 g/mol. The smallest absolute Gasteiger partial charge is 0.337 e. The van der Waals surface area contributed by atoms with E-state index >= 15 is 0 Å². The molecule has 16 nitrogen and oxygen atoms in total. The van der Waals surface area contributed by atoms with E-state index in [4.69, 9.17) is 35.7 Å². The van der Waals surface area contributed by atoms with Crippen LogP contribution in [0.15, 0.2) is 73.3 Å². The van der Waals surface area contributed by atoms with Gasteiger partial charge in [0.05, 0.1) is 33.4 Å². The number of carboxylic acids is 8. The highest BCUT2D eigenvalue weighted by atomic mass is 16.4. The van der Waals surface area contributed by atoms with E-state index < -0.39 is 75.6 Å². The van der Waals surface area contributed by atoms with Crippen LogP contribution in [0.25, 0.3) is 21.5 Å². The van der Waals surface area contributed by atoms with Crippen molar-refractivity contribution in [2.45, 2.75) is 90.9 Å². The molecule has 4 aromatic rings. The number of benzene rings is 4. The Morgan fingerprint density at radius 3 is 1.51 bits per heavy atom. The lowest BCUT2D eigenvalue weighted by Crippen LogP contribution is -2.23. The Morgan fingerprint density at radius 2 is 1.02 bits per heavy atom. The summed E-state index contributed by atoms with van der Waals surface area (Å²) in [4.78, 5) is 86.6. The first-order chi connectivity index (χ1) is 28.8. The van der Waals surface area contributed by atoms with E-state index in [0.717, 1.165) is 53.6 Å². The second kappa shape index (κ2) is 26.8. The fourth-order valence-corrected chi connectivity index (χ4v) is 6.08. The summed E-state index contributed by atoms with van der Waals surface area (Å²) in [6.07, 6.45) is 13.5. The number of fused-ring (bicyclic) bond motifs is 3. The van der Waals surface area contributed by atoms with Crippen molar-refractivity contribution in [2.75, 3.05) is 0 Å². The molecule has 1 unspecified atom stereocenters. The fraction of sp³-hybridized carbons (Fsp3) is 0.333. The molecule has 0 aliphatic carbocycles. The summed E-state index contributed by atoms with van der Waals surface area (Å²) in [5.74, 6) is -11.6. The zero-order valence-electron chi connectivity index (χ0n) is 34.0. The van der Waals surface area contributed by atoms with Crippen molar-refractivity contribution in [3.8, 4) is 0 Å². The standard InChI is InChI=1S/C15H10O2.C11H6O10.C10H18O2.C9H18O2/c16-15(17)13-7-3-5-11-9-8-10-4-1-2-6-12(10)14(11)13;12-7(13)2-1-3(8(14)15)5(10(18)19)6(11(20)21)4(2)9(16)17;1-2-3-4-5-6-7-8-9-10(11)12;1-3-4-5-8(2)6-7-9(10)11/h1-9H,(H,16,17);1H,(H,12,13)(H,14,15)(H,16,17)(H,18,19)(H,20,21);2H,1,3-9H2,(H,11,12);8H,3-7H2,1-2H3,(H,10,11). The molecule has 4 rings (SSSR count). The van der Waals surface area contributed by atoms with Gasteiger partial charge in [0, 0.05) is 18.2 Å². The van der Waals surface area contributed by atoms with E-state index in [0.29, 0.717) is 30.4 Å². The summed E-state index contributed by atoms with van der Waals surface area (Å²) < 4.78 is 0. The van der Waals surface area contributed by atoms with Gasteiger partial charge in [-0.1, -0.05) is 107 Å². The molecule has 0 aliphatic heterocycles. The van der Waals surface area contributed by atoms with Crippen LogP contribution in [-0.4, -0.2) is 88.6 Å². The van der Waals surface area contributed by atoms with Crippen molar-refractivity contribution >= 4 is 69.3 Å². The fourth-order valence-electron chi connectivity index (χ4n) is 6.08. The molecule has 8 N–H and O–H groups in total. The molecular formula is C45H52O16. The number of carboxylic acid groups (broad SMARTS) is 8. The molecule has 0 amide bonds. The van der Waals surface area contributed by atoms with E-state index in [-0.39, 0.29) is 0 Å². The zero-order chi connectivity index (χ0) is 46.2. The minimum Gasteiger partial charge on any atom is -0.481 e. The van der Waals surface area contributed by atoms with E-state index in [1.54, 1.807) is 12.1 Å². The van der Waals surface area contributed by atoms with Crippen LogP contribution in [0.1, 0.15) is 153 Å². The van der Waals surface area contributed by atoms with E-state index in [9.17, 15) is 43.5 Å². The lowest BCUT2D eigenvalue weighted by Gasteiger charge is -2.12. The second-order valence-electron chi connectivity index (χ2n) is 13.8. The van der Waals surface area contributed by atoms with Crippen LogP contribution in [0.5, 0.6) is 0 Å². The van der Waals surface area contributed by atoms with Crippen molar-refractivity contribution in [3.05, 3.63) is 107 Å². The maximum atomic E-state index is 11.3. The molecule has 0 saturated carbocycles. The van der Waals surface area contributed by atoms with Crippen LogP contribution in [-0.2, 0) is 9.59 Å². The highest BCUT2D eigenvalue weighted by Crippen LogP contribution is 2.28. The number of hydrogen-bond acceptors (Lipinski definition) is 8. The van der Waals surface area contributed by atoms with Crippen LogP contribution in [0.2, 0.25) is 0 Å². The van der Waals surface area contributed by atoms with Crippen molar-refractivity contribution < 1.29 is 79.2 Å². The Bertz CT molecular complexity index is 2150. The molecule has 61 heavy (non-hydrogen) atoms. The molecule has 0 spiro atoms. The van der Waals surface area contributed by atoms with Gasteiger partial charge in [0.25, 0.3) is 0 Å². The van der Waals surface area contributed by atoms with Crippen molar-refractivity contribution in [3.63, 3.8) is 0 Å². The first-order valence-corrected chi connectivity index (χ1v) is 19.4. The maximum Gasteiger partial charge on any atom is 0.337 e. The molecule has 0 saturated heterocycles. The van der Waals surface area contributed by atoms with Crippen molar-refractivity contribution in [1.82, 2.24) is 0 Å². The third kappa shape index (κ3) is 17.3. The quantitative estimate of drug-likeness (QED) is 0.0233. The third-order valence-electron chi connectivity index (χ3n) is 9.13.